The maximum Gasteiger partial charge on any atom is 0.227 e. The van der Waals surface area contributed by atoms with Gasteiger partial charge in [-0.2, -0.15) is 0 Å². The van der Waals surface area contributed by atoms with E-state index in [1.54, 1.807) is 11.0 Å². The van der Waals surface area contributed by atoms with Crippen molar-refractivity contribution in [2.45, 2.75) is 32.6 Å². The molecule has 0 bridgehead atoms. The third-order valence-corrected chi connectivity index (χ3v) is 6.04. The molecule has 144 valence electrons. The summed E-state index contributed by atoms with van der Waals surface area (Å²) in [5, 5.41) is 0.858. The van der Waals surface area contributed by atoms with Gasteiger partial charge in [0.2, 0.25) is 11.8 Å². The van der Waals surface area contributed by atoms with Crippen LogP contribution in [0.4, 0.5) is 4.39 Å². The lowest BCUT2D eigenvalue weighted by atomic mass is 9.97. The van der Waals surface area contributed by atoms with E-state index in [1.807, 2.05) is 11.1 Å². The van der Waals surface area contributed by atoms with Gasteiger partial charge in [0.15, 0.2) is 0 Å². The molecule has 0 unspecified atom stereocenters. The number of halogens is 1. The topological polar surface area (TPSA) is 56.4 Å². The SMILES string of the molecule is CC1CCN(C(=O)[C@H]2CC(=O)N(CCc3c[nH]c4ccc(F)cc34)C2)CC1. The molecular weight excluding hydrogens is 345 g/mol. The van der Waals surface area contributed by atoms with Gasteiger partial charge in [0, 0.05) is 49.7 Å². The van der Waals surface area contributed by atoms with Crippen LogP contribution in [0.5, 0.6) is 0 Å². The van der Waals surface area contributed by atoms with Crippen molar-refractivity contribution in [3.05, 3.63) is 35.8 Å². The zero-order valence-electron chi connectivity index (χ0n) is 15.7. The highest BCUT2D eigenvalue weighted by molar-refractivity contribution is 5.89. The van der Waals surface area contributed by atoms with Crippen LogP contribution >= 0.6 is 0 Å². The second-order valence-corrected chi connectivity index (χ2v) is 8.00. The highest BCUT2D eigenvalue weighted by Gasteiger charge is 2.36. The van der Waals surface area contributed by atoms with Gasteiger partial charge in [-0.1, -0.05) is 6.92 Å². The van der Waals surface area contributed by atoms with Gasteiger partial charge >= 0.3 is 0 Å². The Morgan fingerprint density at radius 2 is 2.07 bits per heavy atom. The first-order chi connectivity index (χ1) is 13.0. The van der Waals surface area contributed by atoms with Crippen molar-refractivity contribution in [2.24, 2.45) is 11.8 Å². The van der Waals surface area contributed by atoms with Crippen LogP contribution in [0.25, 0.3) is 10.9 Å². The second kappa shape index (κ2) is 7.33. The first-order valence-electron chi connectivity index (χ1n) is 9.83. The van der Waals surface area contributed by atoms with Gasteiger partial charge < -0.3 is 14.8 Å². The van der Waals surface area contributed by atoms with E-state index >= 15 is 0 Å². The molecule has 0 radical (unpaired) electrons. The van der Waals surface area contributed by atoms with Crippen LogP contribution in [0.1, 0.15) is 31.7 Å². The van der Waals surface area contributed by atoms with E-state index in [1.165, 1.54) is 12.1 Å². The minimum Gasteiger partial charge on any atom is -0.361 e. The minimum absolute atomic E-state index is 0.0461. The summed E-state index contributed by atoms with van der Waals surface area (Å²) in [6.07, 6.45) is 4.94. The average molecular weight is 371 g/mol. The van der Waals surface area contributed by atoms with Crippen molar-refractivity contribution < 1.29 is 14.0 Å². The highest BCUT2D eigenvalue weighted by Crippen LogP contribution is 2.25. The fourth-order valence-corrected chi connectivity index (χ4v) is 4.25. The first kappa shape index (κ1) is 18.0. The molecule has 2 fully saturated rings. The number of H-pyrrole nitrogens is 1. The first-order valence-corrected chi connectivity index (χ1v) is 9.83. The summed E-state index contributed by atoms with van der Waals surface area (Å²) < 4.78 is 13.5. The summed E-state index contributed by atoms with van der Waals surface area (Å²) in [7, 11) is 0. The summed E-state index contributed by atoms with van der Waals surface area (Å²) in [5.41, 5.74) is 1.89. The van der Waals surface area contributed by atoms with Crippen molar-refractivity contribution in [1.82, 2.24) is 14.8 Å². The Balaban J connectivity index is 1.36. The van der Waals surface area contributed by atoms with Crippen molar-refractivity contribution in [1.29, 1.82) is 0 Å². The molecule has 1 aromatic heterocycles. The smallest absolute Gasteiger partial charge is 0.227 e. The number of likely N-dealkylation sites (tertiary alicyclic amines) is 2. The second-order valence-electron chi connectivity index (χ2n) is 8.00. The maximum atomic E-state index is 13.5. The molecule has 2 aliphatic heterocycles. The molecule has 5 nitrogen and oxygen atoms in total. The van der Waals surface area contributed by atoms with E-state index in [0.29, 0.717) is 31.8 Å². The van der Waals surface area contributed by atoms with E-state index in [4.69, 9.17) is 0 Å². The number of rotatable bonds is 4. The maximum absolute atomic E-state index is 13.5. The summed E-state index contributed by atoms with van der Waals surface area (Å²) >= 11 is 0. The molecule has 1 aromatic carbocycles. The zero-order chi connectivity index (χ0) is 19.0. The lowest BCUT2D eigenvalue weighted by Crippen LogP contribution is -2.42. The number of amides is 2. The molecule has 4 rings (SSSR count). The number of aromatic nitrogens is 1. The molecule has 1 atom stereocenters. The predicted molar refractivity (Wildman–Crippen MR) is 102 cm³/mol. The monoisotopic (exact) mass is 371 g/mol. The Kier molecular flexibility index (Phi) is 4.89. The van der Waals surface area contributed by atoms with Crippen LogP contribution in [0.3, 0.4) is 0 Å². The number of nitrogens with zero attached hydrogens (tertiary/aromatic N) is 2. The highest BCUT2D eigenvalue weighted by atomic mass is 19.1. The molecule has 0 aliphatic carbocycles. The molecular formula is C21H26FN3O2. The number of piperidine rings is 1. The van der Waals surface area contributed by atoms with Crippen LogP contribution in [-0.2, 0) is 16.0 Å². The standard InChI is InChI=1S/C21H26FN3O2/c1-14-4-7-24(8-5-14)21(27)16-10-20(26)25(13-16)9-6-15-12-23-19-3-2-17(22)11-18(15)19/h2-3,11-12,14,16,23H,4-10,13H2,1H3/t16-/m0/s1. The van der Waals surface area contributed by atoms with Gasteiger partial charge in [-0.3, -0.25) is 9.59 Å². The molecule has 1 N–H and O–H groups in total. The van der Waals surface area contributed by atoms with Gasteiger partial charge in [0.05, 0.1) is 5.92 Å². The number of benzene rings is 1. The van der Waals surface area contributed by atoms with E-state index < -0.39 is 0 Å². The Morgan fingerprint density at radius 1 is 1.30 bits per heavy atom. The number of carbonyl (C=O) groups is 2. The van der Waals surface area contributed by atoms with Gasteiger partial charge in [-0.05, 0) is 48.9 Å². The molecule has 0 spiro atoms. The zero-order valence-corrected chi connectivity index (χ0v) is 15.7. The number of aromatic amines is 1. The van der Waals surface area contributed by atoms with Crippen molar-refractivity contribution >= 4 is 22.7 Å². The van der Waals surface area contributed by atoms with E-state index in [9.17, 15) is 14.0 Å². The Hall–Kier alpha value is -2.37. The normalized spacial score (nSPS) is 21.4. The minimum atomic E-state index is -0.262. The number of hydrogen-bond donors (Lipinski definition) is 1. The molecule has 27 heavy (non-hydrogen) atoms. The molecule has 6 heteroatoms. The van der Waals surface area contributed by atoms with E-state index in [-0.39, 0.29) is 23.5 Å². The predicted octanol–water partition coefficient (Wildman–Crippen LogP) is 2.96. The summed E-state index contributed by atoms with van der Waals surface area (Å²) in [6, 6.07) is 4.68. The Morgan fingerprint density at radius 3 is 2.85 bits per heavy atom. The van der Waals surface area contributed by atoms with Crippen LogP contribution in [0.15, 0.2) is 24.4 Å². The molecule has 2 amide bonds. The van der Waals surface area contributed by atoms with Gasteiger partial charge in [0.25, 0.3) is 0 Å². The molecule has 3 heterocycles. The van der Waals surface area contributed by atoms with Crippen LogP contribution in [-0.4, -0.2) is 52.8 Å². The van der Waals surface area contributed by atoms with Crippen molar-refractivity contribution in [2.75, 3.05) is 26.2 Å². The lowest BCUT2D eigenvalue weighted by Gasteiger charge is -2.32. The van der Waals surface area contributed by atoms with Crippen molar-refractivity contribution in [3.8, 4) is 0 Å². The van der Waals surface area contributed by atoms with E-state index in [2.05, 4.69) is 11.9 Å². The van der Waals surface area contributed by atoms with Crippen LogP contribution in [0, 0.1) is 17.7 Å². The fraction of sp³-hybridized carbons (Fsp3) is 0.524. The number of hydrogen-bond acceptors (Lipinski definition) is 2. The summed E-state index contributed by atoms with van der Waals surface area (Å²) in [5.74, 6) is 0.377. The van der Waals surface area contributed by atoms with Crippen LogP contribution in [0.2, 0.25) is 0 Å². The average Bonchev–Trinajstić information content (AvgIpc) is 3.23. The molecule has 2 aliphatic rings. The summed E-state index contributed by atoms with van der Waals surface area (Å²) in [4.78, 5) is 32.0. The largest absolute Gasteiger partial charge is 0.361 e. The quantitative estimate of drug-likeness (QED) is 0.898. The van der Waals surface area contributed by atoms with Gasteiger partial charge in [-0.25, -0.2) is 4.39 Å². The summed E-state index contributed by atoms with van der Waals surface area (Å²) in [6.45, 7) is 4.90. The third-order valence-electron chi connectivity index (χ3n) is 6.04. The molecule has 2 aromatic rings. The van der Waals surface area contributed by atoms with Gasteiger partial charge in [-0.15, -0.1) is 0 Å². The van der Waals surface area contributed by atoms with Crippen LogP contribution < -0.4 is 0 Å². The molecule has 0 saturated carbocycles. The molecule has 2 saturated heterocycles. The lowest BCUT2D eigenvalue weighted by molar-refractivity contribution is -0.137. The number of nitrogens with one attached hydrogen (secondary N) is 1. The van der Waals surface area contributed by atoms with Crippen molar-refractivity contribution in [3.63, 3.8) is 0 Å². The Labute approximate surface area is 158 Å². The Bertz CT molecular complexity index is 854. The van der Waals surface area contributed by atoms with E-state index in [0.717, 1.165) is 42.4 Å². The third kappa shape index (κ3) is 3.70. The fourth-order valence-electron chi connectivity index (χ4n) is 4.25. The number of carbonyl (C=O) groups excluding carboxylic acids is 2. The number of fused-ring (bicyclic) bond motifs is 1. The van der Waals surface area contributed by atoms with Gasteiger partial charge in [0.1, 0.15) is 5.82 Å².